The zero-order valence-electron chi connectivity index (χ0n) is 14.7. The molecule has 0 aliphatic carbocycles. The van der Waals surface area contributed by atoms with E-state index in [4.69, 9.17) is 13.7 Å². The fourth-order valence-corrected chi connectivity index (χ4v) is 2.69. The SMILES string of the molecule is C[C@H](Oc1ccccc1)C(=O)NCc1cc(-c2cc3ccccc3o2)on1. The van der Waals surface area contributed by atoms with Gasteiger partial charge in [-0.05, 0) is 31.2 Å². The lowest BCUT2D eigenvalue weighted by Crippen LogP contribution is -2.35. The first-order chi connectivity index (χ1) is 13.2. The molecule has 0 saturated heterocycles. The molecule has 0 unspecified atom stereocenters. The maximum absolute atomic E-state index is 12.2. The Morgan fingerprint density at radius 3 is 2.67 bits per heavy atom. The molecule has 136 valence electrons. The van der Waals surface area contributed by atoms with Crippen LogP contribution in [0.2, 0.25) is 0 Å². The van der Waals surface area contributed by atoms with Gasteiger partial charge in [-0.3, -0.25) is 4.79 Å². The summed E-state index contributed by atoms with van der Waals surface area (Å²) in [6.45, 7) is 1.94. The molecule has 4 rings (SSSR count). The molecule has 1 N–H and O–H groups in total. The van der Waals surface area contributed by atoms with Gasteiger partial charge >= 0.3 is 0 Å². The fourth-order valence-electron chi connectivity index (χ4n) is 2.69. The van der Waals surface area contributed by atoms with Crippen molar-refractivity contribution in [1.29, 1.82) is 0 Å². The van der Waals surface area contributed by atoms with Crippen LogP contribution < -0.4 is 10.1 Å². The van der Waals surface area contributed by atoms with E-state index in [2.05, 4.69) is 10.5 Å². The van der Waals surface area contributed by atoms with E-state index in [0.29, 0.717) is 23.0 Å². The van der Waals surface area contributed by atoms with E-state index >= 15 is 0 Å². The van der Waals surface area contributed by atoms with E-state index in [1.165, 1.54) is 0 Å². The summed E-state index contributed by atoms with van der Waals surface area (Å²) in [5.74, 6) is 1.53. The molecule has 0 fully saturated rings. The van der Waals surface area contributed by atoms with E-state index in [-0.39, 0.29) is 12.5 Å². The second-order valence-corrected chi connectivity index (χ2v) is 6.12. The number of hydrogen-bond donors (Lipinski definition) is 1. The molecule has 4 aromatic rings. The highest BCUT2D eigenvalue weighted by molar-refractivity contribution is 5.82. The summed E-state index contributed by atoms with van der Waals surface area (Å²) in [6, 6.07) is 20.6. The Kier molecular flexibility index (Phi) is 4.61. The number of benzene rings is 2. The molecule has 0 saturated carbocycles. The van der Waals surface area contributed by atoms with Crippen LogP contribution in [0.3, 0.4) is 0 Å². The summed E-state index contributed by atoms with van der Waals surface area (Å²) in [5.41, 5.74) is 1.39. The molecule has 1 amide bonds. The van der Waals surface area contributed by atoms with Crippen molar-refractivity contribution < 1.29 is 18.5 Å². The third-order valence-corrected chi connectivity index (χ3v) is 4.10. The van der Waals surface area contributed by atoms with Crippen LogP contribution in [-0.4, -0.2) is 17.2 Å². The Hall–Kier alpha value is -3.54. The molecule has 6 nitrogen and oxygen atoms in total. The second kappa shape index (κ2) is 7.37. The molecular weight excluding hydrogens is 344 g/mol. The van der Waals surface area contributed by atoms with Gasteiger partial charge in [0.15, 0.2) is 11.9 Å². The topological polar surface area (TPSA) is 77.5 Å². The number of aromatic nitrogens is 1. The number of ether oxygens (including phenoxy) is 1. The molecule has 0 spiro atoms. The number of nitrogens with one attached hydrogen (secondary N) is 1. The number of nitrogens with zero attached hydrogens (tertiary/aromatic N) is 1. The summed E-state index contributed by atoms with van der Waals surface area (Å²) in [5, 5.41) is 7.77. The van der Waals surface area contributed by atoms with Crippen molar-refractivity contribution >= 4 is 16.9 Å². The minimum atomic E-state index is -0.617. The molecule has 0 aliphatic rings. The minimum absolute atomic E-state index is 0.229. The molecule has 0 bridgehead atoms. The first kappa shape index (κ1) is 16.9. The van der Waals surface area contributed by atoms with Crippen molar-refractivity contribution in [1.82, 2.24) is 10.5 Å². The van der Waals surface area contributed by atoms with Crippen molar-refractivity contribution in [2.75, 3.05) is 0 Å². The van der Waals surface area contributed by atoms with E-state index in [1.807, 2.05) is 48.5 Å². The molecule has 2 heterocycles. The third-order valence-electron chi connectivity index (χ3n) is 4.10. The van der Waals surface area contributed by atoms with Gasteiger partial charge < -0.3 is 19.0 Å². The average Bonchev–Trinajstić information content (AvgIpc) is 3.33. The Balaban J connectivity index is 1.37. The lowest BCUT2D eigenvalue weighted by molar-refractivity contribution is -0.127. The average molecular weight is 362 g/mol. The van der Waals surface area contributed by atoms with Crippen molar-refractivity contribution in [3.8, 4) is 17.3 Å². The van der Waals surface area contributed by atoms with Crippen LogP contribution in [0.15, 0.2) is 75.7 Å². The Morgan fingerprint density at radius 1 is 1.07 bits per heavy atom. The van der Waals surface area contributed by atoms with Gasteiger partial charge in [0.1, 0.15) is 17.0 Å². The molecule has 6 heteroatoms. The third kappa shape index (κ3) is 3.84. The predicted octanol–water partition coefficient (Wildman–Crippen LogP) is 4.17. The van der Waals surface area contributed by atoms with E-state index in [9.17, 15) is 4.79 Å². The van der Waals surface area contributed by atoms with Gasteiger partial charge in [-0.15, -0.1) is 0 Å². The van der Waals surface area contributed by atoms with E-state index < -0.39 is 6.10 Å². The van der Waals surface area contributed by atoms with Crippen molar-refractivity contribution in [2.45, 2.75) is 19.6 Å². The highest BCUT2D eigenvalue weighted by Gasteiger charge is 2.16. The van der Waals surface area contributed by atoms with Gasteiger partial charge in [0.25, 0.3) is 5.91 Å². The first-order valence-electron chi connectivity index (χ1n) is 8.63. The van der Waals surface area contributed by atoms with Gasteiger partial charge in [-0.1, -0.05) is 41.6 Å². The Bertz CT molecular complexity index is 1020. The smallest absolute Gasteiger partial charge is 0.261 e. The van der Waals surface area contributed by atoms with Crippen LogP contribution in [0.5, 0.6) is 5.75 Å². The summed E-state index contributed by atoms with van der Waals surface area (Å²) < 4.78 is 16.7. The quantitative estimate of drug-likeness (QED) is 0.557. The molecular formula is C21H18N2O4. The number of fused-ring (bicyclic) bond motifs is 1. The van der Waals surface area contributed by atoms with Gasteiger partial charge in [-0.25, -0.2) is 0 Å². The zero-order valence-corrected chi connectivity index (χ0v) is 14.7. The van der Waals surface area contributed by atoms with Gasteiger partial charge in [0, 0.05) is 11.5 Å². The molecule has 0 radical (unpaired) electrons. The number of para-hydroxylation sites is 2. The normalized spacial score (nSPS) is 12.0. The summed E-state index contributed by atoms with van der Waals surface area (Å²) >= 11 is 0. The largest absolute Gasteiger partial charge is 0.481 e. The number of amides is 1. The predicted molar refractivity (Wildman–Crippen MR) is 100 cm³/mol. The molecule has 1 atom stereocenters. The van der Waals surface area contributed by atoms with Crippen LogP contribution in [0, 0.1) is 0 Å². The summed E-state index contributed by atoms with van der Waals surface area (Å²) in [7, 11) is 0. The van der Waals surface area contributed by atoms with Gasteiger partial charge in [-0.2, -0.15) is 0 Å². The minimum Gasteiger partial charge on any atom is -0.481 e. The maximum Gasteiger partial charge on any atom is 0.261 e. The monoisotopic (exact) mass is 362 g/mol. The number of rotatable bonds is 6. The van der Waals surface area contributed by atoms with Crippen LogP contribution >= 0.6 is 0 Å². The van der Waals surface area contributed by atoms with Crippen LogP contribution in [0.1, 0.15) is 12.6 Å². The second-order valence-electron chi connectivity index (χ2n) is 6.12. The lowest BCUT2D eigenvalue weighted by atomic mass is 10.2. The van der Waals surface area contributed by atoms with Crippen molar-refractivity contribution in [2.24, 2.45) is 0 Å². The Labute approximate surface area is 155 Å². The standard InChI is InChI=1S/C21H18N2O4/c1-14(25-17-8-3-2-4-9-17)21(24)22-13-16-12-20(27-23-16)19-11-15-7-5-6-10-18(15)26-19/h2-12,14H,13H2,1H3,(H,22,24)/t14-/m0/s1. The fraction of sp³-hybridized carbons (Fsp3) is 0.143. The van der Waals surface area contributed by atoms with Crippen molar-refractivity contribution in [3.05, 3.63) is 72.4 Å². The molecule has 0 aliphatic heterocycles. The number of furan rings is 1. The van der Waals surface area contributed by atoms with Gasteiger partial charge in [0.2, 0.25) is 5.76 Å². The number of hydrogen-bond acceptors (Lipinski definition) is 5. The summed E-state index contributed by atoms with van der Waals surface area (Å²) in [4.78, 5) is 12.2. The molecule has 2 aromatic heterocycles. The Morgan fingerprint density at radius 2 is 1.85 bits per heavy atom. The number of carbonyl (C=O) groups excluding carboxylic acids is 1. The highest BCUT2D eigenvalue weighted by Crippen LogP contribution is 2.28. The van der Waals surface area contributed by atoms with E-state index in [1.54, 1.807) is 25.1 Å². The van der Waals surface area contributed by atoms with Crippen molar-refractivity contribution in [3.63, 3.8) is 0 Å². The molecule has 27 heavy (non-hydrogen) atoms. The highest BCUT2D eigenvalue weighted by atomic mass is 16.5. The summed E-state index contributed by atoms with van der Waals surface area (Å²) in [6.07, 6.45) is -0.617. The first-order valence-corrected chi connectivity index (χ1v) is 8.63. The number of carbonyl (C=O) groups is 1. The lowest BCUT2D eigenvalue weighted by Gasteiger charge is -2.13. The van der Waals surface area contributed by atoms with Crippen LogP contribution in [0.25, 0.3) is 22.5 Å². The van der Waals surface area contributed by atoms with Crippen LogP contribution in [-0.2, 0) is 11.3 Å². The molecule has 2 aromatic carbocycles. The maximum atomic E-state index is 12.2. The zero-order chi connectivity index (χ0) is 18.6. The van der Waals surface area contributed by atoms with Crippen LogP contribution in [0.4, 0.5) is 0 Å². The van der Waals surface area contributed by atoms with E-state index in [0.717, 1.165) is 11.0 Å². The van der Waals surface area contributed by atoms with Gasteiger partial charge in [0.05, 0.1) is 6.54 Å².